The van der Waals surface area contributed by atoms with Crippen LogP contribution in [-0.2, 0) is 18.7 Å². The van der Waals surface area contributed by atoms with Crippen molar-refractivity contribution in [3.8, 4) is 5.69 Å². The number of aromatic nitrogens is 5. The van der Waals surface area contributed by atoms with Crippen molar-refractivity contribution in [1.29, 1.82) is 0 Å². The first kappa shape index (κ1) is 21.2. The van der Waals surface area contributed by atoms with Crippen molar-refractivity contribution in [3.63, 3.8) is 0 Å². The minimum Gasteiger partial charge on any atom is -0.268 e. The summed E-state index contributed by atoms with van der Waals surface area (Å²) in [5.41, 5.74) is 1.12. The maximum absolute atomic E-state index is 14.8. The van der Waals surface area contributed by atoms with E-state index in [4.69, 9.17) is 4.98 Å². The summed E-state index contributed by atoms with van der Waals surface area (Å²) in [6, 6.07) is 13.1. The molecule has 10 heteroatoms. The van der Waals surface area contributed by atoms with E-state index in [1.165, 1.54) is 31.5 Å². The lowest BCUT2D eigenvalue weighted by atomic mass is 9.97. The average molecular weight is 492 g/mol. The van der Waals surface area contributed by atoms with Crippen LogP contribution in [0, 0.1) is 5.82 Å². The van der Waals surface area contributed by atoms with Gasteiger partial charge in [-0.15, -0.1) is 16.4 Å². The maximum Gasteiger partial charge on any atom is 0.278 e. The Kier molecular flexibility index (Phi) is 5.26. The molecule has 1 aliphatic rings. The first-order valence-corrected chi connectivity index (χ1v) is 12.7. The van der Waals surface area contributed by atoms with Crippen LogP contribution in [-0.4, -0.2) is 24.5 Å². The van der Waals surface area contributed by atoms with Crippen LogP contribution < -0.4 is 11.1 Å². The van der Waals surface area contributed by atoms with Gasteiger partial charge in [0.2, 0.25) is 0 Å². The van der Waals surface area contributed by atoms with E-state index >= 15 is 0 Å². The Hall–Kier alpha value is -3.37. The molecular formula is C24H18FN5O2S2. The first-order valence-electron chi connectivity index (χ1n) is 10.9. The van der Waals surface area contributed by atoms with Crippen molar-refractivity contribution in [2.45, 2.75) is 36.7 Å². The summed E-state index contributed by atoms with van der Waals surface area (Å²) in [6.07, 6.45) is 3.88. The summed E-state index contributed by atoms with van der Waals surface area (Å²) in [7, 11) is 0. The third kappa shape index (κ3) is 3.45. The van der Waals surface area contributed by atoms with Crippen molar-refractivity contribution in [2.24, 2.45) is 0 Å². The molecule has 0 bridgehead atoms. The summed E-state index contributed by atoms with van der Waals surface area (Å²) in [5, 5.41) is 9.48. The van der Waals surface area contributed by atoms with E-state index in [0.717, 1.165) is 43.0 Å². The van der Waals surface area contributed by atoms with Gasteiger partial charge in [0, 0.05) is 4.88 Å². The molecule has 0 atom stereocenters. The molecule has 3 aromatic heterocycles. The standard InChI is InChI=1S/C24H18FN5O2S2/c25-16-9-3-5-11-18(16)30-23(32)20-15-8-2-6-12-19(15)34-21(20)26-24(30)33-13-29-22(31)14-7-1-4-10-17(14)27-28-29/h1,3-5,7,9-11H,2,6,8,12-13H2. The molecule has 0 fully saturated rings. The Morgan fingerprint density at radius 3 is 2.68 bits per heavy atom. The van der Waals surface area contributed by atoms with Gasteiger partial charge in [0.15, 0.2) is 5.16 Å². The van der Waals surface area contributed by atoms with Crippen molar-refractivity contribution < 1.29 is 4.39 Å². The smallest absolute Gasteiger partial charge is 0.268 e. The zero-order valence-corrected chi connectivity index (χ0v) is 19.5. The van der Waals surface area contributed by atoms with Crippen LogP contribution in [0.2, 0.25) is 0 Å². The predicted molar refractivity (Wildman–Crippen MR) is 131 cm³/mol. The van der Waals surface area contributed by atoms with Gasteiger partial charge >= 0.3 is 0 Å². The van der Waals surface area contributed by atoms with Crippen LogP contribution in [0.1, 0.15) is 23.3 Å². The van der Waals surface area contributed by atoms with Crippen LogP contribution in [0.15, 0.2) is 63.3 Å². The van der Waals surface area contributed by atoms with E-state index in [9.17, 15) is 14.0 Å². The van der Waals surface area contributed by atoms with Gasteiger partial charge in [-0.1, -0.05) is 41.2 Å². The number of hydrogen-bond donors (Lipinski definition) is 0. The predicted octanol–water partition coefficient (Wildman–Crippen LogP) is 4.32. The number of benzene rings is 2. The minimum absolute atomic E-state index is 0.0775. The molecule has 3 heterocycles. The Morgan fingerprint density at radius 2 is 1.79 bits per heavy atom. The number of hydrogen-bond acceptors (Lipinski definition) is 7. The monoisotopic (exact) mass is 491 g/mol. The fraction of sp³-hybridized carbons (Fsp3) is 0.208. The quantitative estimate of drug-likeness (QED) is 0.275. The van der Waals surface area contributed by atoms with E-state index in [1.54, 1.807) is 42.5 Å². The highest BCUT2D eigenvalue weighted by Crippen LogP contribution is 2.35. The van der Waals surface area contributed by atoms with Crippen LogP contribution >= 0.6 is 23.1 Å². The maximum atomic E-state index is 14.8. The Morgan fingerprint density at radius 1 is 1.00 bits per heavy atom. The van der Waals surface area contributed by atoms with Crippen molar-refractivity contribution >= 4 is 44.2 Å². The van der Waals surface area contributed by atoms with Gasteiger partial charge in [0.25, 0.3) is 11.1 Å². The molecule has 170 valence electrons. The number of aryl methyl sites for hydroxylation is 2. The van der Waals surface area contributed by atoms with Gasteiger partial charge < -0.3 is 0 Å². The molecule has 5 aromatic rings. The highest BCUT2D eigenvalue weighted by Gasteiger charge is 2.24. The first-order chi connectivity index (χ1) is 16.6. The molecule has 0 N–H and O–H groups in total. The highest BCUT2D eigenvalue weighted by atomic mass is 32.2. The van der Waals surface area contributed by atoms with Crippen LogP contribution in [0.3, 0.4) is 0 Å². The summed E-state index contributed by atoms with van der Waals surface area (Å²) >= 11 is 2.69. The van der Waals surface area contributed by atoms with Crippen molar-refractivity contribution in [3.05, 3.63) is 85.5 Å². The molecule has 6 rings (SSSR count). The molecule has 0 saturated carbocycles. The van der Waals surface area contributed by atoms with E-state index in [-0.39, 0.29) is 22.7 Å². The molecule has 1 aliphatic carbocycles. The van der Waals surface area contributed by atoms with Crippen LogP contribution in [0.4, 0.5) is 4.39 Å². The number of rotatable bonds is 4. The van der Waals surface area contributed by atoms with E-state index in [1.807, 2.05) is 0 Å². The average Bonchev–Trinajstić information content (AvgIpc) is 3.23. The number of halogens is 1. The zero-order valence-electron chi connectivity index (χ0n) is 17.9. The SMILES string of the molecule is O=c1c2ccccc2nnn1CSc1nc2sc3c(c2c(=O)n1-c1ccccc1F)CCCC3. The summed E-state index contributed by atoms with van der Waals surface area (Å²) in [5.74, 6) is -0.437. The summed E-state index contributed by atoms with van der Waals surface area (Å²) in [4.78, 5) is 33.2. The second-order valence-electron chi connectivity index (χ2n) is 8.06. The molecular weight excluding hydrogens is 473 g/mol. The zero-order chi connectivity index (χ0) is 23.2. The number of para-hydroxylation sites is 1. The van der Waals surface area contributed by atoms with Gasteiger partial charge in [-0.3, -0.25) is 14.2 Å². The third-order valence-corrected chi connectivity index (χ3v) is 8.09. The Labute approximate surface area is 200 Å². The molecule has 0 aliphatic heterocycles. The van der Waals surface area contributed by atoms with Crippen molar-refractivity contribution in [2.75, 3.05) is 0 Å². The summed E-state index contributed by atoms with van der Waals surface area (Å²) < 4.78 is 17.4. The second-order valence-corrected chi connectivity index (χ2v) is 10.1. The van der Waals surface area contributed by atoms with E-state index < -0.39 is 5.82 Å². The molecule has 2 aromatic carbocycles. The molecule has 0 saturated heterocycles. The van der Waals surface area contributed by atoms with Gasteiger partial charge in [0.1, 0.15) is 16.2 Å². The lowest BCUT2D eigenvalue weighted by Gasteiger charge is -2.14. The van der Waals surface area contributed by atoms with Gasteiger partial charge in [-0.25, -0.2) is 9.37 Å². The normalized spacial score (nSPS) is 13.4. The summed E-state index contributed by atoms with van der Waals surface area (Å²) in [6.45, 7) is 0. The lowest BCUT2D eigenvalue weighted by molar-refractivity contribution is 0.606. The Balaban J connectivity index is 1.51. The molecule has 0 unspecified atom stereocenters. The molecule has 0 amide bonds. The topological polar surface area (TPSA) is 82.7 Å². The van der Waals surface area contributed by atoms with Gasteiger partial charge in [-0.05, 0) is 55.5 Å². The van der Waals surface area contributed by atoms with E-state index in [0.29, 0.717) is 26.3 Å². The molecule has 34 heavy (non-hydrogen) atoms. The largest absolute Gasteiger partial charge is 0.278 e. The fourth-order valence-corrected chi connectivity index (χ4v) is 6.54. The number of fused-ring (bicyclic) bond motifs is 4. The van der Waals surface area contributed by atoms with Gasteiger partial charge in [0.05, 0.1) is 22.3 Å². The molecule has 0 spiro atoms. The van der Waals surface area contributed by atoms with Crippen LogP contribution in [0.25, 0.3) is 26.8 Å². The number of thiophene rings is 1. The van der Waals surface area contributed by atoms with Gasteiger partial charge in [-0.2, -0.15) is 4.68 Å². The lowest BCUT2D eigenvalue weighted by Crippen LogP contribution is -2.25. The third-order valence-electron chi connectivity index (χ3n) is 6.00. The second kappa shape index (κ2) is 8.44. The van der Waals surface area contributed by atoms with Crippen LogP contribution in [0.5, 0.6) is 0 Å². The minimum atomic E-state index is -0.514. The van der Waals surface area contributed by atoms with E-state index in [2.05, 4.69) is 10.3 Å². The number of thioether (sulfide) groups is 1. The van der Waals surface area contributed by atoms with Crippen molar-refractivity contribution in [1.82, 2.24) is 24.5 Å². The Bertz CT molecular complexity index is 1690. The molecule has 0 radical (unpaired) electrons. The fourth-order valence-electron chi connectivity index (χ4n) is 4.36. The highest BCUT2D eigenvalue weighted by molar-refractivity contribution is 7.98. The molecule has 7 nitrogen and oxygen atoms in total. The number of nitrogens with zero attached hydrogens (tertiary/aromatic N) is 5.